The third kappa shape index (κ3) is 2.98. The van der Waals surface area contributed by atoms with Gasteiger partial charge in [-0.1, -0.05) is 0 Å². The molecule has 0 unspecified atom stereocenters. The number of aromatic nitrogens is 1. The van der Waals surface area contributed by atoms with Crippen LogP contribution in [0, 0.1) is 0 Å². The van der Waals surface area contributed by atoms with Crippen molar-refractivity contribution < 1.29 is 9.53 Å². The highest BCUT2D eigenvalue weighted by atomic mass is 16.5. The molecule has 2 rings (SSSR count). The molecule has 1 aliphatic rings. The number of anilines is 1. The fourth-order valence-electron chi connectivity index (χ4n) is 1.94. The Morgan fingerprint density at radius 2 is 2.17 bits per heavy atom. The van der Waals surface area contributed by atoms with Crippen LogP contribution in [0.5, 0.6) is 0 Å². The molecule has 2 heterocycles. The first-order valence-electron chi connectivity index (χ1n) is 6.27. The van der Waals surface area contributed by atoms with Crippen LogP contribution in [0.3, 0.4) is 0 Å². The van der Waals surface area contributed by atoms with Gasteiger partial charge in [0, 0.05) is 25.3 Å². The average Bonchev–Trinajstić information content (AvgIpc) is 2.39. The van der Waals surface area contributed by atoms with Gasteiger partial charge >= 0.3 is 0 Å². The van der Waals surface area contributed by atoms with Crippen molar-refractivity contribution in [1.29, 1.82) is 0 Å². The highest BCUT2D eigenvalue weighted by molar-refractivity contribution is 5.99. The minimum absolute atomic E-state index is 0.0698. The summed E-state index contributed by atoms with van der Waals surface area (Å²) in [7, 11) is 0. The summed E-state index contributed by atoms with van der Waals surface area (Å²) in [6, 6.07) is 3.73. The van der Waals surface area contributed by atoms with Gasteiger partial charge in [0.2, 0.25) is 0 Å². The quantitative estimate of drug-likeness (QED) is 0.870. The highest BCUT2D eigenvalue weighted by Gasteiger charge is 2.19. The lowest BCUT2D eigenvalue weighted by atomic mass is 10.2. The molecule has 98 valence electrons. The predicted octanol–water partition coefficient (Wildman–Crippen LogP) is 1.06. The number of hydrogen-bond acceptors (Lipinski definition) is 4. The number of nitrogens with one attached hydrogen (secondary N) is 1. The van der Waals surface area contributed by atoms with E-state index in [1.807, 2.05) is 19.9 Å². The Morgan fingerprint density at radius 1 is 1.44 bits per heavy atom. The molecule has 0 spiro atoms. The number of amides is 1. The monoisotopic (exact) mass is 249 g/mol. The number of pyridine rings is 1. The van der Waals surface area contributed by atoms with Gasteiger partial charge in [-0.3, -0.25) is 4.79 Å². The van der Waals surface area contributed by atoms with Crippen LogP contribution in [0.1, 0.15) is 24.2 Å². The van der Waals surface area contributed by atoms with Crippen molar-refractivity contribution in [3.63, 3.8) is 0 Å². The van der Waals surface area contributed by atoms with E-state index in [1.54, 1.807) is 12.3 Å². The zero-order valence-corrected chi connectivity index (χ0v) is 10.8. The van der Waals surface area contributed by atoms with Crippen molar-refractivity contribution in [3.8, 4) is 0 Å². The summed E-state index contributed by atoms with van der Waals surface area (Å²) in [5, 5.41) is 2.90. The standard InChI is InChI=1S/C13H19N3O2/c1-10(2)15-13(17)11-4-3-5-14-12(11)16-6-8-18-9-7-16/h3-5,10H,6-9H2,1-2H3,(H,15,17). The zero-order valence-electron chi connectivity index (χ0n) is 10.8. The van der Waals surface area contributed by atoms with E-state index in [9.17, 15) is 4.79 Å². The molecule has 1 N–H and O–H groups in total. The first-order valence-corrected chi connectivity index (χ1v) is 6.27. The van der Waals surface area contributed by atoms with Crippen LogP contribution < -0.4 is 10.2 Å². The van der Waals surface area contributed by atoms with Gasteiger partial charge in [0.05, 0.1) is 18.8 Å². The second-order valence-corrected chi connectivity index (χ2v) is 4.60. The van der Waals surface area contributed by atoms with E-state index in [4.69, 9.17) is 4.74 Å². The zero-order chi connectivity index (χ0) is 13.0. The number of carbonyl (C=O) groups is 1. The summed E-state index contributed by atoms with van der Waals surface area (Å²) in [4.78, 5) is 18.5. The van der Waals surface area contributed by atoms with Crippen molar-refractivity contribution in [2.45, 2.75) is 19.9 Å². The number of ether oxygens (including phenoxy) is 1. The van der Waals surface area contributed by atoms with Crippen LogP contribution in [-0.2, 0) is 4.74 Å². The van der Waals surface area contributed by atoms with E-state index < -0.39 is 0 Å². The maximum Gasteiger partial charge on any atom is 0.255 e. The van der Waals surface area contributed by atoms with E-state index >= 15 is 0 Å². The maximum absolute atomic E-state index is 12.1. The average molecular weight is 249 g/mol. The Balaban J connectivity index is 2.21. The third-order valence-electron chi connectivity index (χ3n) is 2.76. The van der Waals surface area contributed by atoms with E-state index in [2.05, 4.69) is 15.2 Å². The van der Waals surface area contributed by atoms with Gasteiger partial charge in [0.1, 0.15) is 5.82 Å². The van der Waals surface area contributed by atoms with Gasteiger partial charge < -0.3 is 15.0 Å². The predicted molar refractivity (Wildman–Crippen MR) is 69.9 cm³/mol. The molecular weight excluding hydrogens is 230 g/mol. The Morgan fingerprint density at radius 3 is 2.83 bits per heavy atom. The van der Waals surface area contributed by atoms with Crippen LogP contribution in [0.4, 0.5) is 5.82 Å². The lowest BCUT2D eigenvalue weighted by Crippen LogP contribution is -2.39. The molecule has 0 radical (unpaired) electrons. The number of morpholine rings is 1. The number of nitrogens with zero attached hydrogens (tertiary/aromatic N) is 2. The molecule has 0 saturated carbocycles. The Kier molecular flexibility index (Phi) is 4.15. The molecule has 0 atom stereocenters. The molecular formula is C13H19N3O2. The number of rotatable bonds is 3. The summed E-state index contributed by atoms with van der Waals surface area (Å²) in [6.45, 7) is 6.81. The number of carbonyl (C=O) groups excluding carboxylic acids is 1. The van der Waals surface area contributed by atoms with E-state index in [-0.39, 0.29) is 11.9 Å². The third-order valence-corrected chi connectivity index (χ3v) is 2.76. The van der Waals surface area contributed by atoms with Gasteiger partial charge in [-0.2, -0.15) is 0 Å². The molecule has 1 amide bonds. The second kappa shape index (κ2) is 5.82. The van der Waals surface area contributed by atoms with Crippen molar-refractivity contribution in [1.82, 2.24) is 10.3 Å². The maximum atomic E-state index is 12.1. The smallest absolute Gasteiger partial charge is 0.255 e. The Bertz CT molecular complexity index is 414. The molecule has 5 nitrogen and oxygen atoms in total. The van der Waals surface area contributed by atoms with Gasteiger partial charge in [-0.25, -0.2) is 4.98 Å². The molecule has 1 aliphatic heterocycles. The summed E-state index contributed by atoms with van der Waals surface area (Å²) < 4.78 is 5.32. The van der Waals surface area contributed by atoms with Crippen LogP contribution in [0.2, 0.25) is 0 Å². The van der Waals surface area contributed by atoms with Crippen LogP contribution in [0.25, 0.3) is 0 Å². The molecule has 1 saturated heterocycles. The summed E-state index contributed by atoms with van der Waals surface area (Å²) >= 11 is 0. The highest BCUT2D eigenvalue weighted by Crippen LogP contribution is 2.18. The lowest BCUT2D eigenvalue weighted by molar-refractivity contribution is 0.0941. The SMILES string of the molecule is CC(C)NC(=O)c1cccnc1N1CCOCC1. The van der Waals surface area contributed by atoms with Gasteiger partial charge in [0.25, 0.3) is 5.91 Å². The topological polar surface area (TPSA) is 54.5 Å². The van der Waals surface area contributed by atoms with Crippen LogP contribution >= 0.6 is 0 Å². The fourth-order valence-corrected chi connectivity index (χ4v) is 1.94. The first kappa shape index (κ1) is 12.8. The van der Waals surface area contributed by atoms with E-state index in [0.717, 1.165) is 18.9 Å². The minimum atomic E-state index is -0.0698. The Labute approximate surface area is 107 Å². The molecule has 0 aromatic carbocycles. The van der Waals surface area contributed by atoms with E-state index in [1.165, 1.54) is 0 Å². The lowest BCUT2D eigenvalue weighted by Gasteiger charge is -2.29. The Hall–Kier alpha value is -1.62. The van der Waals surface area contributed by atoms with Gasteiger partial charge in [-0.05, 0) is 26.0 Å². The molecule has 1 fully saturated rings. The normalized spacial score (nSPS) is 15.8. The van der Waals surface area contributed by atoms with Crippen molar-refractivity contribution in [3.05, 3.63) is 23.9 Å². The second-order valence-electron chi connectivity index (χ2n) is 4.60. The van der Waals surface area contributed by atoms with Crippen molar-refractivity contribution in [2.24, 2.45) is 0 Å². The number of hydrogen-bond donors (Lipinski definition) is 1. The molecule has 0 aliphatic carbocycles. The van der Waals surface area contributed by atoms with E-state index in [0.29, 0.717) is 18.8 Å². The molecule has 1 aromatic heterocycles. The molecule has 1 aromatic rings. The summed E-state index contributed by atoms with van der Waals surface area (Å²) in [5.41, 5.74) is 0.633. The van der Waals surface area contributed by atoms with Crippen LogP contribution in [0.15, 0.2) is 18.3 Å². The van der Waals surface area contributed by atoms with Crippen LogP contribution in [-0.4, -0.2) is 43.2 Å². The fraction of sp³-hybridized carbons (Fsp3) is 0.538. The largest absolute Gasteiger partial charge is 0.378 e. The summed E-state index contributed by atoms with van der Waals surface area (Å²) in [6.07, 6.45) is 1.72. The van der Waals surface area contributed by atoms with Crippen molar-refractivity contribution in [2.75, 3.05) is 31.2 Å². The minimum Gasteiger partial charge on any atom is -0.378 e. The van der Waals surface area contributed by atoms with Crippen molar-refractivity contribution >= 4 is 11.7 Å². The molecule has 5 heteroatoms. The summed E-state index contributed by atoms with van der Waals surface area (Å²) in [5.74, 6) is 0.679. The first-order chi connectivity index (χ1) is 8.68. The van der Waals surface area contributed by atoms with Gasteiger partial charge in [-0.15, -0.1) is 0 Å². The molecule has 18 heavy (non-hydrogen) atoms. The molecule has 0 bridgehead atoms. The van der Waals surface area contributed by atoms with Gasteiger partial charge in [0.15, 0.2) is 0 Å².